The molecule has 0 bridgehead atoms. The van der Waals surface area contributed by atoms with E-state index in [9.17, 15) is 8.78 Å². The summed E-state index contributed by atoms with van der Waals surface area (Å²) in [5.41, 5.74) is 1.85. The van der Waals surface area contributed by atoms with Gasteiger partial charge in [-0.2, -0.15) is 5.26 Å². The Hall–Kier alpha value is -2.96. The summed E-state index contributed by atoms with van der Waals surface area (Å²) in [6, 6.07) is 22.9. The Morgan fingerprint density at radius 1 is 0.667 bits per heavy atom. The largest absolute Gasteiger partial charge is 0.206 e. The van der Waals surface area contributed by atoms with Crippen LogP contribution in [0.3, 0.4) is 0 Å². The smallest absolute Gasteiger partial charge is 0.131 e. The lowest BCUT2D eigenvalue weighted by Crippen LogP contribution is -1.87. The van der Waals surface area contributed by atoms with E-state index in [1.54, 1.807) is 30.3 Å². The Balaban J connectivity index is 0.000000156. The maximum absolute atomic E-state index is 13.3. The molecule has 0 amide bonds. The number of nitrogens with zero attached hydrogens (tertiary/aromatic N) is 1. The van der Waals surface area contributed by atoms with Gasteiger partial charge in [0.2, 0.25) is 0 Å². The highest BCUT2D eigenvalue weighted by Crippen LogP contribution is 2.23. The number of nitriles is 1. The zero-order valence-electron chi connectivity index (χ0n) is 14.4. The second-order valence-corrected chi connectivity index (χ2v) is 6.24. The van der Waals surface area contributed by atoms with Crippen molar-refractivity contribution >= 4 is 33.1 Å². The summed E-state index contributed by atoms with van der Waals surface area (Å²) in [5.74, 6) is -0.00685. The average molecular weight is 380 g/mol. The number of hydrogen-bond donors (Lipinski definition) is 0. The first-order valence-corrected chi connectivity index (χ1v) is 8.94. The van der Waals surface area contributed by atoms with Gasteiger partial charge < -0.3 is 0 Å². The van der Waals surface area contributed by atoms with Gasteiger partial charge in [-0.15, -0.1) is 11.6 Å². The number of rotatable bonds is 2. The van der Waals surface area contributed by atoms with E-state index < -0.39 is 0 Å². The molecule has 0 aliphatic heterocycles. The van der Waals surface area contributed by atoms with Gasteiger partial charge in [0.05, 0.1) is 12.5 Å². The van der Waals surface area contributed by atoms with Crippen LogP contribution in [0.2, 0.25) is 0 Å². The van der Waals surface area contributed by atoms with E-state index in [4.69, 9.17) is 16.9 Å². The highest BCUT2D eigenvalue weighted by Gasteiger charge is 2.04. The third kappa shape index (κ3) is 4.07. The van der Waals surface area contributed by atoms with Crippen molar-refractivity contribution < 1.29 is 8.78 Å². The number of hydrogen-bond acceptors (Lipinski definition) is 1. The lowest BCUT2D eigenvalue weighted by Gasteiger charge is -2.03. The van der Waals surface area contributed by atoms with Crippen LogP contribution in [0.4, 0.5) is 8.78 Å². The Bertz CT molecular complexity index is 1130. The Morgan fingerprint density at radius 3 is 1.59 bits per heavy atom. The zero-order valence-corrected chi connectivity index (χ0v) is 15.2. The fraction of sp³-hybridized carbons (Fsp3) is 0.0870. The first-order valence-electron chi connectivity index (χ1n) is 8.41. The quantitative estimate of drug-likeness (QED) is 0.353. The first-order chi connectivity index (χ1) is 13.2. The molecule has 1 nitrogen and oxygen atoms in total. The molecule has 0 aliphatic rings. The van der Waals surface area contributed by atoms with Crippen molar-refractivity contribution in [2.45, 2.75) is 12.3 Å². The number of halogens is 3. The monoisotopic (exact) mass is 379 g/mol. The molecule has 4 heteroatoms. The summed E-state index contributed by atoms with van der Waals surface area (Å²) in [5, 5.41) is 11.6. The molecule has 0 aromatic heterocycles. The van der Waals surface area contributed by atoms with Gasteiger partial charge >= 0.3 is 0 Å². The van der Waals surface area contributed by atoms with Gasteiger partial charge in [-0.25, -0.2) is 8.78 Å². The van der Waals surface area contributed by atoms with Crippen molar-refractivity contribution in [1.82, 2.24) is 0 Å². The fourth-order valence-electron chi connectivity index (χ4n) is 3.01. The highest BCUT2D eigenvalue weighted by molar-refractivity contribution is 6.18. The summed E-state index contributed by atoms with van der Waals surface area (Å²) in [7, 11) is 0. The molecule has 0 radical (unpaired) electrons. The summed E-state index contributed by atoms with van der Waals surface area (Å²) < 4.78 is 26.6. The highest BCUT2D eigenvalue weighted by atomic mass is 35.5. The maximum Gasteiger partial charge on any atom is 0.131 e. The van der Waals surface area contributed by atoms with Crippen LogP contribution in [0.15, 0.2) is 72.8 Å². The molecule has 0 saturated heterocycles. The van der Waals surface area contributed by atoms with Gasteiger partial charge in [0.15, 0.2) is 0 Å². The third-order valence-corrected chi connectivity index (χ3v) is 4.62. The lowest BCUT2D eigenvalue weighted by atomic mass is 10.0. The van der Waals surface area contributed by atoms with E-state index in [0.29, 0.717) is 23.1 Å². The Kier molecular flexibility index (Phi) is 6.01. The molecule has 0 atom stereocenters. The van der Waals surface area contributed by atoms with E-state index in [2.05, 4.69) is 6.07 Å². The Morgan fingerprint density at radius 2 is 1.11 bits per heavy atom. The zero-order chi connectivity index (χ0) is 19.2. The van der Waals surface area contributed by atoms with E-state index in [-0.39, 0.29) is 11.6 Å². The molecule has 4 aromatic rings. The van der Waals surface area contributed by atoms with Crippen LogP contribution in [0.25, 0.3) is 21.5 Å². The number of benzene rings is 4. The van der Waals surface area contributed by atoms with Crippen LogP contribution in [0, 0.1) is 23.0 Å². The van der Waals surface area contributed by atoms with E-state index >= 15 is 0 Å². The normalized spacial score (nSPS) is 10.3. The van der Waals surface area contributed by atoms with Crippen LogP contribution in [0.5, 0.6) is 0 Å². The molecule has 0 saturated carbocycles. The molecule has 134 valence electrons. The van der Waals surface area contributed by atoms with Gasteiger partial charge in [-0.05, 0) is 34.0 Å². The minimum Gasteiger partial charge on any atom is -0.206 e. The molecule has 27 heavy (non-hydrogen) atoms. The van der Waals surface area contributed by atoms with Crippen molar-refractivity contribution in [2.75, 3.05) is 0 Å². The maximum atomic E-state index is 13.3. The second kappa shape index (κ2) is 8.62. The van der Waals surface area contributed by atoms with E-state index in [1.165, 1.54) is 12.1 Å². The molecule has 0 N–H and O–H groups in total. The molecule has 0 heterocycles. The van der Waals surface area contributed by atoms with Crippen LogP contribution in [0.1, 0.15) is 11.1 Å². The van der Waals surface area contributed by atoms with Gasteiger partial charge in [0, 0.05) is 16.7 Å². The second-order valence-electron chi connectivity index (χ2n) is 5.97. The molecular formula is C23H16ClF2N. The summed E-state index contributed by atoms with van der Waals surface area (Å²) >= 11 is 5.74. The predicted octanol–water partition coefficient (Wildman–Crippen LogP) is 6.76. The summed E-state index contributed by atoms with van der Waals surface area (Å²) in [4.78, 5) is 0. The SMILES string of the molecule is Fc1ccc(CCl)c2ccccc12.N#CCc1ccc(F)c2ccccc12. The third-order valence-electron chi connectivity index (χ3n) is 4.34. The van der Waals surface area contributed by atoms with Gasteiger partial charge in [0.1, 0.15) is 11.6 Å². The van der Waals surface area contributed by atoms with Gasteiger partial charge in [-0.3, -0.25) is 0 Å². The van der Waals surface area contributed by atoms with Gasteiger partial charge in [0.25, 0.3) is 0 Å². The molecule has 4 rings (SSSR count). The number of fused-ring (bicyclic) bond motifs is 2. The van der Waals surface area contributed by atoms with Crippen molar-refractivity contribution in [3.8, 4) is 6.07 Å². The molecular weight excluding hydrogens is 364 g/mol. The fourth-order valence-corrected chi connectivity index (χ4v) is 3.24. The molecule has 0 fully saturated rings. The molecule has 0 aliphatic carbocycles. The predicted molar refractivity (Wildman–Crippen MR) is 107 cm³/mol. The first kappa shape index (κ1) is 18.8. The van der Waals surface area contributed by atoms with Gasteiger partial charge in [-0.1, -0.05) is 60.7 Å². The van der Waals surface area contributed by atoms with Crippen LogP contribution in [-0.4, -0.2) is 0 Å². The summed E-state index contributed by atoms with van der Waals surface area (Å²) in [6.45, 7) is 0. The van der Waals surface area contributed by atoms with Crippen molar-refractivity contribution in [2.24, 2.45) is 0 Å². The van der Waals surface area contributed by atoms with Crippen molar-refractivity contribution in [1.29, 1.82) is 5.26 Å². The topological polar surface area (TPSA) is 23.8 Å². The lowest BCUT2D eigenvalue weighted by molar-refractivity contribution is 0.639. The molecule has 0 unspecified atom stereocenters. The minimum absolute atomic E-state index is 0.190. The van der Waals surface area contributed by atoms with Crippen LogP contribution in [-0.2, 0) is 12.3 Å². The van der Waals surface area contributed by atoms with Crippen LogP contribution < -0.4 is 0 Å². The average Bonchev–Trinajstić information content (AvgIpc) is 2.72. The van der Waals surface area contributed by atoms with Crippen LogP contribution >= 0.6 is 11.6 Å². The number of alkyl halides is 1. The standard InChI is InChI=1S/C12H8FN.C11H8ClF/c13-12-6-5-9(7-8-14)10-3-1-2-4-11(10)12;12-7-8-5-6-11(13)10-4-2-1-3-9(8)10/h1-6H,7H2;1-6H,7H2. The Labute approximate surface area is 161 Å². The van der Waals surface area contributed by atoms with E-state index in [1.807, 2.05) is 30.3 Å². The summed E-state index contributed by atoms with van der Waals surface area (Å²) in [6.07, 6.45) is 0.320. The van der Waals surface area contributed by atoms with Crippen molar-refractivity contribution in [3.05, 3.63) is 95.6 Å². The van der Waals surface area contributed by atoms with E-state index in [0.717, 1.165) is 21.9 Å². The minimum atomic E-state index is -0.234. The molecule has 4 aromatic carbocycles. The van der Waals surface area contributed by atoms with Crippen molar-refractivity contribution in [3.63, 3.8) is 0 Å². The molecule has 0 spiro atoms.